The van der Waals surface area contributed by atoms with Crippen LogP contribution in [0.3, 0.4) is 0 Å². The van der Waals surface area contributed by atoms with E-state index in [1.807, 2.05) is 35.0 Å². The normalized spacial score (nSPS) is 17.4. The van der Waals surface area contributed by atoms with Gasteiger partial charge in [-0.15, -0.1) is 0 Å². The highest BCUT2D eigenvalue weighted by molar-refractivity contribution is 5.95. The molecule has 0 unspecified atom stereocenters. The van der Waals surface area contributed by atoms with Gasteiger partial charge in [0.25, 0.3) is 5.91 Å². The van der Waals surface area contributed by atoms with Crippen LogP contribution in [-0.2, 0) is 16.0 Å². The molecule has 7 nitrogen and oxygen atoms in total. The maximum Gasteiger partial charge on any atom is 0.254 e. The number of methoxy groups -OCH3 is 1. The van der Waals surface area contributed by atoms with Crippen LogP contribution in [0, 0.1) is 17.8 Å². The smallest absolute Gasteiger partial charge is 0.254 e. The fourth-order valence-electron chi connectivity index (χ4n) is 4.90. The Balaban J connectivity index is 2.11. The number of aryl methyl sites for hydroxylation is 1. The van der Waals surface area contributed by atoms with Crippen LogP contribution in [0.1, 0.15) is 76.2 Å². The van der Waals surface area contributed by atoms with E-state index < -0.39 is 0 Å². The zero-order valence-electron chi connectivity index (χ0n) is 24.3. The summed E-state index contributed by atoms with van der Waals surface area (Å²) in [5.74, 6) is 2.20. The lowest BCUT2D eigenvalue weighted by Crippen LogP contribution is -2.44. The van der Waals surface area contributed by atoms with Crippen LogP contribution in [-0.4, -0.2) is 81.2 Å². The van der Waals surface area contributed by atoms with Gasteiger partial charge in [-0.3, -0.25) is 9.59 Å². The number of benzene rings is 1. The molecule has 37 heavy (non-hydrogen) atoms. The highest BCUT2D eigenvalue weighted by atomic mass is 16.5. The van der Waals surface area contributed by atoms with Gasteiger partial charge in [0.1, 0.15) is 5.75 Å². The highest BCUT2D eigenvalue weighted by Gasteiger charge is 2.33. The fourth-order valence-corrected chi connectivity index (χ4v) is 4.90. The Kier molecular flexibility index (Phi) is 13.4. The number of hydrogen-bond acceptors (Lipinski definition) is 5. The van der Waals surface area contributed by atoms with E-state index in [0.29, 0.717) is 49.5 Å². The van der Waals surface area contributed by atoms with Gasteiger partial charge in [-0.1, -0.05) is 33.3 Å². The van der Waals surface area contributed by atoms with Crippen molar-refractivity contribution in [2.24, 2.45) is 17.8 Å². The minimum atomic E-state index is 0.0341. The molecule has 0 radical (unpaired) electrons. The number of carbonyl (C=O) groups is 2. The zero-order valence-corrected chi connectivity index (χ0v) is 24.3. The Hall–Kier alpha value is -2.12. The van der Waals surface area contributed by atoms with Gasteiger partial charge >= 0.3 is 0 Å². The molecule has 0 aliphatic carbocycles. The molecule has 1 saturated heterocycles. The number of carbonyl (C=O) groups excluding carboxylic acids is 2. The Morgan fingerprint density at radius 2 is 1.78 bits per heavy atom. The molecular weight excluding hydrogens is 466 g/mol. The van der Waals surface area contributed by atoms with Gasteiger partial charge in [-0.25, -0.2) is 0 Å². The van der Waals surface area contributed by atoms with E-state index in [1.165, 1.54) is 0 Å². The molecule has 1 heterocycles. The SMILES string of the molecule is CCCc1ccc(C(=O)N(C[C@@H]2CNC[C@H]2CN(C)C(=O)CCC(C)C)C(C)C)cc1OCCCOC. The first-order valence-corrected chi connectivity index (χ1v) is 14.2. The van der Waals surface area contributed by atoms with Gasteiger partial charge in [0.15, 0.2) is 0 Å². The summed E-state index contributed by atoms with van der Waals surface area (Å²) in [6, 6.07) is 5.97. The number of hydrogen-bond donors (Lipinski definition) is 1. The molecule has 1 aliphatic heterocycles. The molecule has 1 aliphatic rings. The molecular formula is C30H51N3O4. The van der Waals surface area contributed by atoms with E-state index in [4.69, 9.17) is 9.47 Å². The molecule has 1 aromatic rings. The lowest BCUT2D eigenvalue weighted by molar-refractivity contribution is -0.130. The van der Waals surface area contributed by atoms with Crippen LogP contribution in [0.4, 0.5) is 0 Å². The van der Waals surface area contributed by atoms with Gasteiger partial charge in [-0.05, 0) is 62.1 Å². The highest BCUT2D eigenvalue weighted by Crippen LogP contribution is 2.26. The standard InChI is InChI=1S/C30H51N3O4/c1-8-10-24-12-13-25(17-28(24)37-16-9-15-36-7)30(35)33(23(4)5)21-27-19-31-18-26(27)20-32(6)29(34)14-11-22(2)3/h12-13,17,22-23,26-27,31H,8-11,14-16,18-21H2,1-7H3/t26-,27-/m0/s1. The zero-order chi connectivity index (χ0) is 27.4. The summed E-state index contributed by atoms with van der Waals surface area (Å²) in [7, 11) is 3.60. The summed E-state index contributed by atoms with van der Waals surface area (Å²) in [4.78, 5) is 30.2. The topological polar surface area (TPSA) is 71.1 Å². The molecule has 1 fully saturated rings. The first kappa shape index (κ1) is 31.1. The molecule has 0 spiro atoms. The Morgan fingerprint density at radius 1 is 1.08 bits per heavy atom. The predicted octanol–water partition coefficient (Wildman–Crippen LogP) is 4.64. The number of nitrogens with one attached hydrogen (secondary N) is 1. The van der Waals surface area contributed by atoms with Gasteiger partial charge in [0.05, 0.1) is 6.61 Å². The third-order valence-corrected chi connectivity index (χ3v) is 7.25. The van der Waals surface area contributed by atoms with Gasteiger partial charge in [0, 0.05) is 71.4 Å². The summed E-state index contributed by atoms with van der Waals surface area (Å²) in [6.07, 6.45) is 4.26. The van der Waals surface area contributed by atoms with Crippen molar-refractivity contribution >= 4 is 11.8 Å². The number of nitrogens with zero attached hydrogens (tertiary/aromatic N) is 2. The summed E-state index contributed by atoms with van der Waals surface area (Å²) >= 11 is 0. The molecule has 7 heteroatoms. The quantitative estimate of drug-likeness (QED) is 0.324. The summed E-state index contributed by atoms with van der Waals surface area (Å²) in [5.41, 5.74) is 1.80. The van der Waals surface area contributed by atoms with E-state index in [0.717, 1.165) is 56.6 Å². The Bertz CT molecular complexity index is 842. The second-order valence-corrected chi connectivity index (χ2v) is 11.2. The molecule has 1 aromatic carbocycles. The molecule has 0 saturated carbocycles. The van der Waals surface area contributed by atoms with Crippen molar-refractivity contribution in [3.8, 4) is 5.75 Å². The van der Waals surface area contributed by atoms with Crippen molar-refractivity contribution in [3.63, 3.8) is 0 Å². The lowest BCUT2D eigenvalue weighted by atomic mass is 9.93. The van der Waals surface area contributed by atoms with Crippen molar-refractivity contribution in [3.05, 3.63) is 29.3 Å². The van der Waals surface area contributed by atoms with Crippen molar-refractivity contribution in [2.75, 3.05) is 53.6 Å². The van der Waals surface area contributed by atoms with Crippen molar-refractivity contribution in [2.45, 2.75) is 72.8 Å². The minimum absolute atomic E-state index is 0.0341. The predicted molar refractivity (Wildman–Crippen MR) is 150 cm³/mol. The third kappa shape index (κ3) is 9.93. The van der Waals surface area contributed by atoms with Gasteiger partial charge < -0.3 is 24.6 Å². The van der Waals surface area contributed by atoms with E-state index >= 15 is 0 Å². The minimum Gasteiger partial charge on any atom is -0.493 e. The molecule has 1 N–H and O–H groups in total. The fraction of sp³-hybridized carbons (Fsp3) is 0.733. The van der Waals surface area contributed by atoms with E-state index in [1.54, 1.807) is 7.11 Å². The van der Waals surface area contributed by atoms with Crippen molar-refractivity contribution in [1.29, 1.82) is 0 Å². The van der Waals surface area contributed by atoms with Crippen molar-refractivity contribution < 1.29 is 19.1 Å². The van der Waals surface area contributed by atoms with Crippen LogP contribution >= 0.6 is 0 Å². The summed E-state index contributed by atoms with van der Waals surface area (Å²) in [6.45, 7) is 14.9. The Morgan fingerprint density at radius 3 is 2.41 bits per heavy atom. The lowest BCUT2D eigenvalue weighted by Gasteiger charge is -2.33. The van der Waals surface area contributed by atoms with Crippen LogP contribution < -0.4 is 10.1 Å². The molecule has 0 bridgehead atoms. The molecule has 2 amide bonds. The first-order valence-electron chi connectivity index (χ1n) is 14.2. The van der Waals surface area contributed by atoms with E-state index in [-0.39, 0.29) is 17.9 Å². The average Bonchev–Trinajstić information content (AvgIpc) is 3.30. The second-order valence-electron chi connectivity index (χ2n) is 11.2. The molecule has 2 rings (SSSR count). The maximum atomic E-state index is 13.7. The monoisotopic (exact) mass is 517 g/mol. The molecule has 210 valence electrons. The van der Waals surface area contributed by atoms with E-state index in [9.17, 15) is 9.59 Å². The van der Waals surface area contributed by atoms with Gasteiger partial charge in [0.2, 0.25) is 5.91 Å². The van der Waals surface area contributed by atoms with Crippen LogP contribution in [0.25, 0.3) is 0 Å². The average molecular weight is 518 g/mol. The summed E-state index contributed by atoms with van der Waals surface area (Å²) in [5, 5.41) is 3.50. The Labute approximate surface area is 225 Å². The third-order valence-electron chi connectivity index (χ3n) is 7.25. The van der Waals surface area contributed by atoms with E-state index in [2.05, 4.69) is 39.9 Å². The second kappa shape index (κ2) is 16.0. The summed E-state index contributed by atoms with van der Waals surface area (Å²) < 4.78 is 11.2. The first-order chi connectivity index (χ1) is 17.7. The number of rotatable bonds is 16. The van der Waals surface area contributed by atoms with Crippen molar-refractivity contribution in [1.82, 2.24) is 15.1 Å². The largest absolute Gasteiger partial charge is 0.493 e. The number of amides is 2. The maximum absolute atomic E-state index is 13.7. The van der Waals surface area contributed by atoms with Crippen LogP contribution in [0.2, 0.25) is 0 Å². The molecule has 2 atom stereocenters. The number of ether oxygens (including phenoxy) is 2. The van der Waals surface area contributed by atoms with Crippen LogP contribution in [0.15, 0.2) is 18.2 Å². The molecule has 0 aromatic heterocycles. The van der Waals surface area contributed by atoms with Gasteiger partial charge in [-0.2, -0.15) is 0 Å². The van der Waals surface area contributed by atoms with Crippen LogP contribution in [0.5, 0.6) is 5.75 Å².